The van der Waals surface area contributed by atoms with Crippen LogP contribution in [0.1, 0.15) is 18.4 Å². The highest BCUT2D eigenvalue weighted by Crippen LogP contribution is 2.36. The third kappa shape index (κ3) is 4.37. The van der Waals surface area contributed by atoms with Gasteiger partial charge >= 0.3 is 0 Å². The largest absolute Gasteiger partial charge is 0.493 e. The summed E-state index contributed by atoms with van der Waals surface area (Å²) in [5.41, 5.74) is 2.38. The number of aryl methyl sites for hydroxylation is 1. The highest BCUT2D eigenvalue weighted by atomic mass is 16.6. The van der Waals surface area contributed by atoms with Crippen LogP contribution < -0.4 is 19.7 Å². The van der Waals surface area contributed by atoms with Crippen molar-refractivity contribution in [2.24, 2.45) is 5.92 Å². The molecule has 2 aromatic carbocycles. The van der Waals surface area contributed by atoms with Gasteiger partial charge in [-0.3, -0.25) is 10.1 Å². The topological polar surface area (TPSA) is 103 Å². The second-order valence-corrected chi connectivity index (χ2v) is 8.01. The van der Waals surface area contributed by atoms with Crippen LogP contribution in [0.15, 0.2) is 36.7 Å². The number of nitro benzene ring substituents is 1. The van der Waals surface area contributed by atoms with Crippen LogP contribution in [0.25, 0.3) is 10.9 Å². The molecule has 3 aromatic rings. The van der Waals surface area contributed by atoms with Gasteiger partial charge in [0, 0.05) is 37.2 Å². The van der Waals surface area contributed by atoms with Crippen LogP contribution in [0.3, 0.4) is 0 Å². The number of hydrogen-bond donors (Lipinski definition) is 1. The average Bonchev–Trinajstić information content (AvgIpc) is 2.82. The minimum Gasteiger partial charge on any atom is -0.493 e. The molecule has 9 heteroatoms. The lowest BCUT2D eigenvalue weighted by atomic mass is 9.96. The van der Waals surface area contributed by atoms with Gasteiger partial charge in [0.05, 0.1) is 24.7 Å². The number of rotatable bonds is 7. The lowest BCUT2D eigenvalue weighted by Gasteiger charge is -2.33. The minimum atomic E-state index is -0.332. The molecule has 0 unspecified atom stereocenters. The van der Waals surface area contributed by atoms with Crippen LogP contribution in [-0.2, 0) is 0 Å². The lowest BCUT2D eigenvalue weighted by molar-refractivity contribution is -0.384. The number of nitrogens with one attached hydrogen (secondary N) is 1. The quantitative estimate of drug-likeness (QED) is 0.434. The maximum absolute atomic E-state index is 11.3. The summed E-state index contributed by atoms with van der Waals surface area (Å²) in [6, 6.07) is 9.07. The number of nitrogens with zero attached hydrogens (tertiary/aromatic N) is 4. The molecule has 0 amide bonds. The second-order valence-electron chi connectivity index (χ2n) is 8.01. The summed E-state index contributed by atoms with van der Waals surface area (Å²) in [5, 5.41) is 15.6. The summed E-state index contributed by atoms with van der Waals surface area (Å²) in [7, 11) is 3.22. The molecule has 1 saturated heterocycles. The maximum Gasteiger partial charge on any atom is 0.292 e. The molecule has 1 N–H and O–H groups in total. The van der Waals surface area contributed by atoms with Gasteiger partial charge in [-0.05, 0) is 43.4 Å². The van der Waals surface area contributed by atoms with Crippen molar-refractivity contribution in [3.8, 4) is 11.5 Å². The summed E-state index contributed by atoms with van der Waals surface area (Å²) < 4.78 is 10.8. The Morgan fingerprint density at radius 1 is 1.12 bits per heavy atom. The van der Waals surface area contributed by atoms with E-state index < -0.39 is 0 Å². The Hall–Kier alpha value is -3.62. The van der Waals surface area contributed by atoms with E-state index in [0.29, 0.717) is 29.6 Å². The summed E-state index contributed by atoms with van der Waals surface area (Å²) in [5.74, 6) is 2.60. The third-order valence-corrected chi connectivity index (χ3v) is 5.96. The van der Waals surface area contributed by atoms with Crippen LogP contribution in [0.4, 0.5) is 17.2 Å². The fourth-order valence-electron chi connectivity index (χ4n) is 4.17. The van der Waals surface area contributed by atoms with E-state index in [9.17, 15) is 10.1 Å². The number of nitro groups is 1. The molecule has 168 valence electrons. The minimum absolute atomic E-state index is 0.124. The molecule has 32 heavy (non-hydrogen) atoms. The average molecular weight is 438 g/mol. The summed E-state index contributed by atoms with van der Waals surface area (Å²) in [6.07, 6.45) is 3.50. The van der Waals surface area contributed by atoms with Crippen molar-refractivity contribution in [3.63, 3.8) is 0 Å². The number of piperidine rings is 1. The number of aromatic nitrogens is 2. The smallest absolute Gasteiger partial charge is 0.292 e. The first-order valence-electron chi connectivity index (χ1n) is 10.6. The first kappa shape index (κ1) is 21.6. The van der Waals surface area contributed by atoms with E-state index in [4.69, 9.17) is 9.47 Å². The van der Waals surface area contributed by atoms with Crippen molar-refractivity contribution in [1.82, 2.24) is 9.97 Å². The number of benzene rings is 2. The predicted molar refractivity (Wildman–Crippen MR) is 124 cm³/mol. The highest BCUT2D eigenvalue weighted by Gasteiger charge is 2.23. The van der Waals surface area contributed by atoms with Gasteiger partial charge in [0.1, 0.15) is 17.8 Å². The van der Waals surface area contributed by atoms with Crippen LogP contribution in [0, 0.1) is 23.0 Å². The number of anilines is 2. The van der Waals surface area contributed by atoms with E-state index in [2.05, 4.69) is 20.2 Å². The maximum atomic E-state index is 11.3. The number of ether oxygens (including phenoxy) is 2. The molecule has 0 bridgehead atoms. The van der Waals surface area contributed by atoms with Crippen molar-refractivity contribution in [2.75, 3.05) is 44.1 Å². The van der Waals surface area contributed by atoms with Gasteiger partial charge in [-0.15, -0.1) is 0 Å². The molecule has 0 saturated carbocycles. The Balaban J connectivity index is 1.44. The second kappa shape index (κ2) is 9.25. The Morgan fingerprint density at radius 3 is 2.53 bits per heavy atom. The Morgan fingerprint density at radius 2 is 1.84 bits per heavy atom. The fourth-order valence-corrected chi connectivity index (χ4v) is 4.17. The Kier molecular flexibility index (Phi) is 6.25. The summed E-state index contributed by atoms with van der Waals surface area (Å²) >= 11 is 0. The molecule has 2 heterocycles. The van der Waals surface area contributed by atoms with Crippen LogP contribution >= 0.6 is 0 Å². The zero-order valence-corrected chi connectivity index (χ0v) is 18.5. The molecular weight excluding hydrogens is 410 g/mol. The zero-order valence-electron chi connectivity index (χ0n) is 18.5. The van der Waals surface area contributed by atoms with Crippen LogP contribution in [-0.4, -0.2) is 48.7 Å². The van der Waals surface area contributed by atoms with Crippen molar-refractivity contribution in [2.45, 2.75) is 19.8 Å². The molecule has 1 aromatic heterocycles. The monoisotopic (exact) mass is 437 g/mol. The Labute approximate surface area is 186 Å². The summed E-state index contributed by atoms with van der Waals surface area (Å²) in [4.78, 5) is 22.2. The third-order valence-electron chi connectivity index (χ3n) is 5.96. The Bertz CT molecular complexity index is 1130. The molecule has 4 rings (SSSR count). The number of methoxy groups -OCH3 is 2. The molecule has 0 radical (unpaired) electrons. The predicted octanol–water partition coefficient (Wildman–Crippen LogP) is 4.19. The molecule has 1 fully saturated rings. The van der Waals surface area contributed by atoms with Crippen molar-refractivity contribution in [3.05, 3.63) is 52.3 Å². The van der Waals surface area contributed by atoms with E-state index in [0.717, 1.165) is 48.2 Å². The standard InChI is InChI=1S/C23H27N5O4/c1-15-4-5-18(20(10-15)28(29)30)24-13-16-6-8-27(9-7-16)23-17-11-21(31-2)22(32-3)12-19(17)25-14-26-23/h4-5,10-12,14,16,24H,6-9,13H2,1-3H3. The van der Waals surface area contributed by atoms with Gasteiger partial charge in [0.25, 0.3) is 5.69 Å². The molecule has 9 nitrogen and oxygen atoms in total. The first-order chi connectivity index (χ1) is 15.5. The van der Waals surface area contributed by atoms with E-state index in [1.54, 1.807) is 32.7 Å². The van der Waals surface area contributed by atoms with E-state index in [1.807, 2.05) is 25.1 Å². The molecule has 0 spiro atoms. The summed E-state index contributed by atoms with van der Waals surface area (Å²) in [6.45, 7) is 4.26. The normalized spacial score (nSPS) is 14.4. The van der Waals surface area contributed by atoms with Crippen molar-refractivity contribution in [1.29, 1.82) is 0 Å². The van der Waals surface area contributed by atoms with Gasteiger partial charge < -0.3 is 19.7 Å². The van der Waals surface area contributed by atoms with Gasteiger partial charge in [-0.25, -0.2) is 9.97 Å². The molecule has 1 aliphatic rings. The van der Waals surface area contributed by atoms with Crippen LogP contribution in [0.5, 0.6) is 11.5 Å². The highest BCUT2D eigenvalue weighted by molar-refractivity contribution is 5.92. The van der Waals surface area contributed by atoms with Crippen molar-refractivity contribution < 1.29 is 14.4 Å². The van der Waals surface area contributed by atoms with E-state index in [-0.39, 0.29) is 10.6 Å². The number of hydrogen-bond acceptors (Lipinski definition) is 8. The van der Waals surface area contributed by atoms with Gasteiger partial charge in [-0.1, -0.05) is 6.07 Å². The molecule has 0 atom stereocenters. The van der Waals surface area contributed by atoms with Gasteiger partial charge in [-0.2, -0.15) is 0 Å². The van der Waals surface area contributed by atoms with Crippen molar-refractivity contribution >= 4 is 28.1 Å². The zero-order chi connectivity index (χ0) is 22.7. The first-order valence-corrected chi connectivity index (χ1v) is 10.6. The SMILES string of the molecule is COc1cc2ncnc(N3CCC(CNc4ccc(C)cc4[N+](=O)[O-])CC3)c2cc1OC. The van der Waals surface area contributed by atoms with E-state index >= 15 is 0 Å². The van der Waals surface area contributed by atoms with Gasteiger partial charge in [0.15, 0.2) is 11.5 Å². The molecule has 1 aliphatic heterocycles. The van der Waals surface area contributed by atoms with E-state index in [1.165, 1.54) is 0 Å². The van der Waals surface area contributed by atoms with Crippen LogP contribution in [0.2, 0.25) is 0 Å². The van der Waals surface area contributed by atoms with Gasteiger partial charge in [0.2, 0.25) is 0 Å². The number of fused-ring (bicyclic) bond motifs is 1. The fraction of sp³-hybridized carbons (Fsp3) is 0.391. The lowest BCUT2D eigenvalue weighted by Crippen LogP contribution is -2.36. The molecular formula is C23H27N5O4. The molecule has 0 aliphatic carbocycles.